The van der Waals surface area contributed by atoms with Crippen LogP contribution in [0.2, 0.25) is 0 Å². The summed E-state index contributed by atoms with van der Waals surface area (Å²) in [6, 6.07) is 22.9. The molecular weight excluding hydrogens is 372 g/mol. The highest BCUT2D eigenvalue weighted by molar-refractivity contribution is 5.99. The molecule has 0 aliphatic rings. The van der Waals surface area contributed by atoms with Crippen molar-refractivity contribution in [3.05, 3.63) is 83.9 Å². The zero-order chi connectivity index (χ0) is 21.9. The minimum Gasteiger partial charge on any atom is -0.457 e. The molecular formula is C27H30O3. The van der Waals surface area contributed by atoms with Gasteiger partial charge in [0.05, 0.1) is 0 Å². The minimum atomic E-state index is -0.398. The molecule has 3 heteroatoms. The van der Waals surface area contributed by atoms with Crippen molar-refractivity contribution >= 4 is 5.78 Å². The average Bonchev–Trinajstić information content (AvgIpc) is 2.68. The Hall–Kier alpha value is -3.07. The molecule has 0 saturated carbocycles. The van der Waals surface area contributed by atoms with Gasteiger partial charge in [-0.25, -0.2) is 0 Å². The molecule has 0 amide bonds. The molecule has 0 unspecified atom stereocenters. The van der Waals surface area contributed by atoms with Crippen molar-refractivity contribution in [2.24, 2.45) is 5.41 Å². The summed E-state index contributed by atoms with van der Waals surface area (Å²) in [7, 11) is 0. The Kier molecular flexibility index (Phi) is 6.02. The molecule has 0 aliphatic carbocycles. The van der Waals surface area contributed by atoms with Crippen molar-refractivity contribution in [3.63, 3.8) is 0 Å². The van der Waals surface area contributed by atoms with E-state index in [-0.39, 0.29) is 11.2 Å². The quantitative estimate of drug-likeness (QED) is 0.408. The fourth-order valence-electron chi connectivity index (χ4n) is 2.98. The third kappa shape index (κ3) is 5.50. The highest BCUT2D eigenvalue weighted by Gasteiger charge is 2.22. The van der Waals surface area contributed by atoms with E-state index in [4.69, 9.17) is 9.47 Å². The smallest absolute Gasteiger partial charge is 0.168 e. The fraction of sp³-hybridized carbons (Fsp3) is 0.296. The van der Waals surface area contributed by atoms with Crippen molar-refractivity contribution in [2.75, 3.05) is 0 Å². The van der Waals surface area contributed by atoms with Crippen LogP contribution in [0.1, 0.15) is 57.5 Å². The van der Waals surface area contributed by atoms with Crippen LogP contribution in [0.25, 0.3) is 0 Å². The van der Waals surface area contributed by atoms with E-state index in [1.54, 1.807) is 0 Å². The molecule has 0 heterocycles. The van der Waals surface area contributed by atoms with Crippen molar-refractivity contribution in [1.82, 2.24) is 0 Å². The average molecular weight is 403 g/mol. The topological polar surface area (TPSA) is 35.5 Å². The minimum absolute atomic E-state index is 0.117. The summed E-state index contributed by atoms with van der Waals surface area (Å²) in [6.45, 7) is 12.3. The number of carbonyl (C=O) groups excluding carboxylic acids is 1. The summed E-state index contributed by atoms with van der Waals surface area (Å²) in [5.74, 6) is 3.06. The van der Waals surface area contributed by atoms with Crippen molar-refractivity contribution in [1.29, 1.82) is 0 Å². The molecule has 0 bridgehead atoms. The monoisotopic (exact) mass is 402 g/mol. The van der Waals surface area contributed by atoms with Crippen molar-refractivity contribution in [2.45, 2.75) is 47.0 Å². The van der Waals surface area contributed by atoms with Crippen LogP contribution >= 0.6 is 0 Å². The Morgan fingerprint density at radius 2 is 0.900 bits per heavy atom. The van der Waals surface area contributed by atoms with E-state index in [9.17, 15) is 4.79 Å². The molecule has 0 aromatic heterocycles. The van der Waals surface area contributed by atoms with E-state index < -0.39 is 5.41 Å². The van der Waals surface area contributed by atoms with Crippen molar-refractivity contribution in [3.8, 4) is 23.0 Å². The molecule has 0 fully saturated rings. The van der Waals surface area contributed by atoms with Gasteiger partial charge in [-0.1, -0.05) is 53.7 Å². The van der Waals surface area contributed by atoms with Crippen LogP contribution in [-0.2, 0) is 5.41 Å². The van der Waals surface area contributed by atoms with Gasteiger partial charge in [-0.3, -0.25) is 4.79 Å². The Balaban J connectivity index is 1.63. The number of rotatable bonds is 5. The number of Topliss-reactive ketones (excluding diaryl/α,β-unsaturated/α-hetero) is 1. The molecule has 3 aromatic carbocycles. The van der Waals surface area contributed by atoms with Crippen LogP contribution in [0.3, 0.4) is 0 Å². The maximum absolute atomic E-state index is 12.3. The van der Waals surface area contributed by atoms with Crippen molar-refractivity contribution < 1.29 is 14.3 Å². The normalized spacial score (nSPS) is 11.8. The first-order valence-electron chi connectivity index (χ1n) is 10.2. The largest absolute Gasteiger partial charge is 0.457 e. The summed E-state index contributed by atoms with van der Waals surface area (Å²) in [5.41, 5.74) is 1.69. The Bertz CT molecular complexity index is 984. The lowest BCUT2D eigenvalue weighted by molar-refractivity contribution is 0.0858. The Morgan fingerprint density at radius 3 is 1.23 bits per heavy atom. The number of hydrogen-bond acceptors (Lipinski definition) is 3. The summed E-state index contributed by atoms with van der Waals surface area (Å²) >= 11 is 0. The van der Waals surface area contributed by atoms with Gasteiger partial charge in [0, 0.05) is 11.0 Å². The lowest BCUT2D eigenvalue weighted by Crippen LogP contribution is -2.19. The molecule has 30 heavy (non-hydrogen) atoms. The SMILES string of the molecule is CC(C)(C)C(=O)c1ccc(Oc2ccc(Oc3ccc(C(C)(C)C)cc3)cc2)cc1. The van der Waals surface area contributed by atoms with E-state index in [0.29, 0.717) is 17.1 Å². The predicted molar refractivity (Wildman–Crippen MR) is 122 cm³/mol. The van der Waals surface area contributed by atoms with Gasteiger partial charge in [0.1, 0.15) is 23.0 Å². The standard InChI is InChI=1S/C27H30O3/c1-26(2,3)20-9-13-22(14-10-20)30-24-17-15-23(16-18-24)29-21-11-7-19(8-12-21)25(28)27(4,5)6/h7-18H,1-6H3. The number of benzene rings is 3. The van der Waals surface area contributed by atoms with Gasteiger partial charge in [-0.2, -0.15) is 0 Å². The maximum Gasteiger partial charge on any atom is 0.168 e. The highest BCUT2D eigenvalue weighted by atomic mass is 16.5. The maximum atomic E-state index is 12.3. The Morgan fingerprint density at radius 1 is 0.567 bits per heavy atom. The second-order valence-electron chi connectivity index (χ2n) is 9.55. The number of ether oxygens (including phenoxy) is 2. The number of ketones is 1. The second-order valence-corrected chi connectivity index (χ2v) is 9.55. The Labute approximate surface area is 179 Å². The third-order valence-electron chi connectivity index (χ3n) is 4.81. The second kappa shape index (κ2) is 8.35. The third-order valence-corrected chi connectivity index (χ3v) is 4.81. The molecule has 0 saturated heterocycles. The van der Waals surface area contributed by atoms with Gasteiger partial charge in [0.2, 0.25) is 0 Å². The number of hydrogen-bond donors (Lipinski definition) is 0. The van der Waals surface area contributed by atoms with Crippen LogP contribution < -0.4 is 9.47 Å². The molecule has 3 rings (SSSR count). The van der Waals surface area contributed by atoms with Gasteiger partial charge < -0.3 is 9.47 Å². The van der Waals surface area contributed by atoms with Crippen LogP contribution in [0.15, 0.2) is 72.8 Å². The van der Waals surface area contributed by atoms with Crippen LogP contribution in [0.4, 0.5) is 0 Å². The first kappa shape index (κ1) is 21.6. The molecule has 0 spiro atoms. The van der Waals surface area contributed by atoms with E-state index in [1.165, 1.54) is 5.56 Å². The lowest BCUT2D eigenvalue weighted by atomic mass is 9.86. The van der Waals surface area contributed by atoms with E-state index >= 15 is 0 Å². The van der Waals surface area contributed by atoms with E-state index in [0.717, 1.165) is 11.5 Å². The van der Waals surface area contributed by atoms with Gasteiger partial charge in [0.25, 0.3) is 0 Å². The molecule has 3 nitrogen and oxygen atoms in total. The first-order valence-corrected chi connectivity index (χ1v) is 10.2. The van der Waals surface area contributed by atoms with Gasteiger partial charge in [0.15, 0.2) is 5.78 Å². The molecule has 3 aromatic rings. The lowest BCUT2D eigenvalue weighted by Gasteiger charge is -2.19. The summed E-state index contributed by atoms with van der Waals surface area (Å²) in [4.78, 5) is 12.3. The molecule has 0 aliphatic heterocycles. The van der Waals surface area contributed by atoms with E-state index in [1.807, 2.05) is 81.4 Å². The highest BCUT2D eigenvalue weighted by Crippen LogP contribution is 2.29. The zero-order valence-electron chi connectivity index (χ0n) is 18.7. The summed E-state index contributed by atoms with van der Waals surface area (Å²) < 4.78 is 11.8. The predicted octanol–water partition coefficient (Wildman–Crippen LogP) is 7.80. The fourth-order valence-corrected chi connectivity index (χ4v) is 2.98. The zero-order valence-corrected chi connectivity index (χ0v) is 18.7. The molecule has 0 N–H and O–H groups in total. The van der Waals surface area contributed by atoms with Crippen LogP contribution in [0, 0.1) is 5.41 Å². The molecule has 0 radical (unpaired) electrons. The van der Waals surface area contributed by atoms with Crippen LogP contribution in [0.5, 0.6) is 23.0 Å². The van der Waals surface area contributed by atoms with E-state index in [2.05, 4.69) is 32.9 Å². The molecule has 0 atom stereocenters. The van der Waals surface area contributed by atoms with Gasteiger partial charge >= 0.3 is 0 Å². The van der Waals surface area contributed by atoms with Crippen LogP contribution in [-0.4, -0.2) is 5.78 Å². The number of carbonyl (C=O) groups is 1. The van der Waals surface area contributed by atoms with Gasteiger partial charge in [-0.05, 0) is 71.6 Å². The summed E-state index contributed by atoms with van der Waals surface area (Å²) in [6.07, 6.45) is 0. The van der Waals surface area contributed by atoms with Gasteiger partial charge in [-0.15, -0.1) is 0 Å². The summed E-state index contributed by atoms with van der Waals surface area (Å²) in [5, 5.41) is 0. The molecule has 156 valence electrons. The first-order chi connectivity index (χ1) is 14.0.